The van der Waals surface area contributed by atoms with Crippen molar-refractivity contribution in [3.63, 3.8) is 0 Å². The minimum atomic E-state index is 0.666. The predicted octanol–water partition coefficient (Wildman–Crippen LogP) is 4.28. The second-order valence-electron chi connectivity index (χ2n) is 5.52. The van der Waals surface area contributed by atoms with Gasteiger partial charge in [0.15, 0.2) is 5.82 Å². The van der Waals surface area contributed by atoms with E-state index in [1.165, 1.54) is 0 Å². The number of hydrogen-bond donors (Lipinski definition) is 1. The quantitative estimate of drug-likeness (QED) is 0.519. The number of aryl methyl sites for hydroxylation is 1. The molecule has 0 radical (unpaired) electrons. The average Bonchev–Trinajstić information content (AvgIpc) is 3.38. The van der Waals surface area contributed by atoms with Crippen molar-refractivity contribution in [2.45, 2.75) is 6.92 Å². The Kier molecular flexibility index (Phi) is 3.25. The summed E-state index contributed by atoms with van der Waals surface area (Å²) in [4.78, 5) is 10.2. The number of aromatic nitrogens is 6. The maximum Gasteiger partial charge on any atom is 0.193 e. The zero-order chi connectivity index (χ0) is 16.8. The molecular formula is C17H12N6S2. The minimum absolute atomic E-state index is 0.666. The van der Waals surface area contributed by atoms with E-state index >= 15 is 0 Å². The van der Waals surface area contributed by atoms with Gasteiger partial charge in [-0.2, -0.15) is 21.5 Å². The molecule has 6 nitrogen and oxygen atoms in total. The fourth-order valence-corrected chi connectivity index (χ4v) is 4.65. The van der Waals surface area contributed by atoms with Gasteiger partial charge in [-0.15, -0.1) is 11.3 Å². The molecule has 1 N–H and O–H groups in total. The van der Waals surface area contributed by atoms with E-state index in [2.05, 4.69) is 43.2 Å². The normalized spacial score (nSPS) is 11.4. The van der Waals surface area contributed by atoms with Gasteiger partial charge in [0.2, 0.25) is 0 Å². The molecule has 25 heavy (non-hydrogen) atoms. The Labute approximate surface area is 150 Å². The van der Waals surface area contributed by atoms with Crippen LogP contribution in [0.5, 0.6) is 0 Å². The maximum absolute atomic E-state index is 4.94. The molecule has 0 amide bonds. The first kappa shape index (κ1) is 14.5. The number of nitrogens with one attached hydrogen (secondary N) is 1. The van der Waals surface area contributed by atoms with Gasteiger partial charge in [-0.05, 0) is 30.5 Å². The van der Waals surface area contributed by atoms with E-state index in [4.69, 9.17) is 4.98 Å². The number of aromatic amines is 1. The van der Waals surface area contributed by atoms with Gasteiger partial charge in [-0.1, -0.05) is 6.07 Å². The van der Waals surface area contributed by atoms with Crippen molar-refractivity contribution in [2.24, 2.45) is 0 Å². The largest absolute Gasteiger partial charge is 0.265 e. The molecule has 5 aromatic heterocycles. The van der Waals surface area contributed by atoms with Gasteiger partial charge in [0.05, 0.1) is 22.5 Å². The standard InChI is InChI=1S/C17H12N6S2/c1-10-13(12-4-2-3-6-23(12)22-10)17-20-14(11-5-7-24-8-11)15(25-17)16-18-9-19-21-16/h2-9H,1H3,(H,18,19,21). The van der Waals surface area contributed by atoms with Crippen molar-refractivity contribution in [3.8, 4) is 32.5 Å². The second kappa shape index (κ2) is 5.61. The van der Waals surface area contributed by atoms with Crippen LogP contribution in [0.3, 0.4) is 0 Å². The Balaban J connectivity index is 1.78. The van der Waals surface area contributed by atoms with Crippen LogP contribution >= 0.6 is 22.7 Å². The monoisotopic (exact) mass is 364 g/mol. The Morgan fingerprint density at radius 3 is 2.96 bits per heavy atom. The van der Waals surface area contributed by atoms with Crippen molar-refractivity contribution in [1.29, 1.82) is 0 Å². The van der Waals surface area contributed by atoms with Crippen molar-refractivity contribution in [1.82, 2.24) is 29.8 Å². The molecule has 0 saturated carbocycles. The van der Waals surface area contributed by atoms with E-state index < -0.39 is 0 Å². The number of fused-ring (bicyclic) bond motifs is 1. The van der Waals surface area contributed by atoms with Gasteiger partial charge in [0.1, 0.15) is 16.2 Å². The van der Waals surface area contributed by atoms with E-state index in [-0.39, 0.29) is 0 Å². The number of H-pyrrole nitrogens is 1. The molecule has 0 spiro atoms. The smallest absolute Gasteiger partial charge is 0.193 e. The first-order valence-electron chi connectivity index (χ1n) is 7.65. The number of nitrogens with zero attached hydrogens (tertiary/aromatic N) is 5. The van der Waals surface area contributed by atoms with Crippen molar-refractivity contribution >= 4 is 28.2 Å². The highest BCUT2D eigenvalue weighted by atomic mass is 32.1. The number of hydrogen-bond acceptors (Lipinski definition) is 6. The van der Waals surface area contributed by atoms with Crippen LogP contribution in [0.15, 0.2) is 47.5 Å². The van der Waals surface area contributed by atoms with Gasteiger partial charge < -0.3 is 0 Å². The summed E-state index contributed by atoms with van der Waals surface area (Å²) >= 11 is 3.25. The maximum atomic E-state index is 4.94. The van der Waals surface area contributed by atoms with Gasteiger partial charge in [0.25, 0.3) is 0 Å². The van der Waals surface area contributed by atoms with Crippen LogP contribution in [0.4, 0.5) is 0 Å². The molecule has 0 aliphatic heterocycles. The first-order chi connectivity index (χ1) is 12.3. The zero-order valence-electron chi connectivity index (χ0n) is 13.2. The summed E-state index contributed by atoms with van der Waals surface area (Å²) in [5, 5.41) is 16.7. The summed E-state index contributed by atoms with van der Waals surface area (Å²) in [6.07, 6.45) is 3.54. The van der Waals surface area contributed by atoms with Crippen LogP contribution < -0.4 is 0 Å². The fourth-order valence-electron chi connectivity index (χ4n) is 2.87. The first-order valence-corrected chi connectivity index (χ1v) is 9.41. The Bertz CT molecular complexity index is 1100. The van der Waals surface area contributed by atoms with Crippen LogP contribution in [0.2, 0.25) is 0 Å². The molecule has 0 aliphatic rings. The average molecular weight is 364 g/mol. The lowest BCUT2D eigenvalue weighted by molar-refractivity contribution is 0.934. The number of pyridine rings is 1. The highest BCUT2D eigenvalue weighted by Gasteiger charge is 2.22. The third-order valence-corrected chi connectivity index (χ3v) is 5.72. The number of thiazole rings is 1. The molecule has 0 bridgehead atoms. The predicted molar refractivity (Wildman–Crippen MR) is 99.7 cm³/mol. The molecular weight excluding hydrogens is 352 g/mol. The lowest BCUT2D eigenvalue weighted by Gasteiger charge is -1.95. The fraction of sp³-hybridized carbons (Fsp3) is 0.0588. The zero-order valence-corrected chi connectivity index (χ0v) is 14.8. The highest BCUT2D eigenvalue weighted by molar-refractivity contribution is 7.19. The topological polar surface area (TPSA) is 71.8 Å². The molecule has 0 fully saturated rings. The number of thiophene rings is 1. The molecule has 0 aromatic carbocycles. The van der Waals surface area contributed by atoms with Gasteiger partial charge >= 0.3 is 0 Å². The van der Waals surface area contributed by atoms with E-state index in [9.17, 15) is 0 Å². The molecule has 0 saturated heterocycles. The molecule has 0 atom stereocenters. The van der Waals surface area contributed by atoms with E-state index in [1.807, 2.05) is 29.8 Å². The molecule has 5 heterocycles. The highest BCUT2D eigenvalue weighted by Crippen LogP contribution is 2.41. The number of rotatable bonds is 3. The van der Waals surface area contributed by atoms with Crippen LogP contribution in [0.1, 0.15) is 5.69 Å². The SMILES string of the molecule is Cc1nn2ccccc2c1-c1nc(-c2ccsc2)c(-c2nc[nH]n2)s1. The summed E-state index contributed by atoms with van der Waals surface area (Å²) in [7, 11) is 0. The van der Waals surface area contributed by atoms with Gasteiger partial charge in [0, 0.05) is 17.1 Å². The molecule has 0 aliphatic carbocycles. The van der Waals surface area contributed by atoms with E-state index in [0.717, 1.165) is 37.9 Å². The van der Waals surface area contributed by atoms with E-state index in [1.54, 1.807) is 29.0 Å². The Morgan fingerprint density at radius 2 is 2.16 bits per heavy atom. The van der Waals surface area contributed by atoms with Crippen molar-refractivity contribution in [2.75, 3.05) is 0 Å². The van der Waals surface area contributed by atoms with E-state index in [0.29, 0.717) is 5.82 Å². The van der Waals surface area contributed by atoms with Crippen molar-refractivity contribution < 1.29 is 0 Å². The third kappa shape index (κ3) is 2.30. The molecule has 0 unspecified atom stereocenters. The van der Waals surface area contributed by atoms with Crippen molar-refractivity contribution in [3.05, 3.63) is 53.2 Å². The van der Waals surface area contributed by atoms with Gasteiger partial charge in [-0.25, -0.2) is 14.5 Å². The van der Waals surface area contributed by atoms with Crippen LogP contribution in [0.25, 0.3) is 38.0 Å². The van der Waals surface area contributed by atoms with Crippen LogP contribution in [-0.2, 0) is 0 Å². The molecule has 8 heteroatoms. The summed E-state index contributed by atoms with van der Waals surface area (Å²) in [5.74, 6) is 0.666. The Morgan fingerprint density at radius 1 is 1.20 bits per heavy atom. The molecule has 5 rings (SSSR count). The van der Waals surface area contributed by atoms with Crippen LogP contribution in [-0.4, -0.2) is 29.8 Å². The Hall–Kier alpha value is -2.84. The summed E-state index contributed by atoms with van der Waals surface area (Å²) in [5.41, 5.74) is 5.06. The summed E-state index contributed by atoms with van der Waals surface area (Å²) in [6, 6.07) is 8.13. The summed E-state index contributed by atoms with van der Waals surface area (Å²) in [6.45, 7) is 2.01. The minimum Gasteiger partial charge on any atom is -0.265 e. The van der Waals surface area contributed by atoms with Crippen LogP contribution in [0, 0.1) is 6.92 Å². The van der Waals surface area contributed by atoms with Gasteiger partial charge in [-0.3, -0.25) is 5.10 Å². The third-order valence-electron chi connectivity index (χ3n) is 3.97. The lowest BCUT2D eigenvalue weighted by Crippen LogP contribution is -1.83. The summed E-state index contributed by atoms with van der Waals surface area (Å²) < 4.78 is 1.89. The molecule has 122 valence electrons. The second-order valence-corrected chi connectivity index (χ2v) is 7.30. The lowest BCUT2D eigenvalue weighted by atomic mass is 10.2. The molecule has 5 aromatic rings.